The lowest BCUT2D eigenvalue weighted by Gasteiger charge is -2.19. The molecule has 20 heavy (non-hydrogen) atoms. The van der Waals surface area contributed by atoms with E-state index in [0.29, 0.717) is 19.5 Å². The molecular weight excluding hydrogens is 254 g/mol. The van der Waals surface area contributed by atoms with Crippen LogP contribution in [0.4, 0.5) is 0 Å². The third-order valence-corrected chi connectivity index (χ3v) is 3.61. The largest absolute Gasteiger partial charge is 0.460 e. The number of aliphatic hydroxyl groups is 2. The molecule has 2 aromatic rings. The molecule has 0 aliphatic heterocycles. The summed E-state index contributed by atoms with van der Waals surface area (Å²) in [6.45, 7) is 6.47. The fraction of sp³-hybridized carbons (Fsp3) is 0.500. The Bertz CT molecular complexity index is 523. The number of nitrogens with zero attached hydrogens (tertiary/aromatic N) is 1. The van der Waals surface area contributed by atoms with Gasteiger partial charge in [-0.1, -0.05) is 0 Å². The van der Waals surface area contributed by atoms with Crippen LogP contribution in [-0.4, -0.2) is 41.4 Å². The summed E-state index contributed by atoms with van der Waals surface area (Å²) in [7, 11) is 0. The molecule has 1 aromatic carbocycles. The highest BCUT2D eigenvalue weighted by molar-refractivity contribution is 5.79. The minimum Gasteiger partial charge on any atom is -0.460 e. The molecule has 0 amide bonds. The molecule has 0 bridgehead atoms. The van der Waals surface area contributed by atoms with Gasteiger partial charge < -0.3 is 14.6 Å². The Balaban J connectivity index is 2.15. The van der Waals surface area contributed by atoms with Crippen molar-refractivity contribution in [3.05, 3.63) is 35.1 Å². The van der Waals surface area contributed by atoms with E-state index in [9.17, 15) is 0 Å². The predicted molar refractivity (Wildman–Crippen MR) is 79.8 cm³/mol. The average molecular weight is 277 g/mol. The minimum atomic E-state index is 0.115. The number of fused-ring (bicyclic) bond motifs is 1. The van der Waals surface area contributed by atoms with Crippen molar-refractivity contribution in [2.24, 2.45) is 0 Å². The highest BCUT2D eigenvalue weighted by Gasteiger charge is 2.10. The van der Waals surface area contributed by atoms with Gasteiger partial charge in [0.2, 0.25) is 0 Å². The van der Waals surface area contributed by atoms with Gasteiger partial charge in [0.25, 0.3) is 0 Å². The summed E-state index contributed by atoms with van der Waals surface area (Å²) in [5, 5.41) is 19.1. The van der Waals surface area contributed by atoms with Crippen LogP contribution in [0.5, 0.6) is 0 Å². The molecule has 1 aromatic heterocycles. The number of hydrogen-bond donors (Lipinski definition) is 2. The fourth-order valence-electron chi connectivity index (χ4n) is 2.36. The van der Waals surface area contributed by atoms with Crippen LogP contribution in [0, 0.1) is 13.8 Å². The Morgan fingerprint density at radius 1 is 1.00 bits per heavy atom. The number of aryl methyl sites for hydroxylation is 2. The van der Waals surface area contributed by atoms with Gasteiger partial charge in [0.1, 0.15) is 11.3 Å². The first-order chi connectivity index (χ1) is 9.63. The Hall–Kier alpha value is -1.36. The molecule has 0 fully saturated rings. The average Bonchev–Trinajstić information content (AvgIpc) is 2.78. The monoisotopic (exact) mass is 277 g/mol. The maximum absolute atomic E-state index is 9.09. The molecule has 0 spiro atoms. The van der Waals surface area contributed by atoms with Gasteiger partial charge in [-0.15, -0.1) is 0 Å². The number of aliphatic hydroxyl groups excluding tert-OH is 2. The quantitative estimate of drug-likeness (QED) is 0.815. The number of hydrogen-bond acceptors (Lipinski definition) is 4. The summed E-state index contributed by atoms with van der Waals surface area (Å²) in [6, 6.07) is 6.27. The first kappa shape index (κ1) is 15.0. The molecule has 0 aliphatic rings. The van der Waals surface area contributed by atoms with Gasteiger partial charge in [-0.2, -0.15) is 0 Å². The molecule has 4 heteroatoms. The van der Waals surface area contributed by atoms with Crippen LogP contribution in [-0.2, 0) is 6.54 Å². The smallest absolute Gasteiger partial charge is 0.134 e. The second kappa shape index (κ2) is 6.88. The molecule has 0 atom stereocenters. The summed E-state index contributed by atoms with van der Waals surface area (Å²) in [5.74, 6) is 0.899. The molecule has 110 valence electrons. The third-order valence-electron chi connectivity index (χ3n) is 3.61. The second-order valence-electron chi connectivity index (χ2n) is 5.26. The molecule has 1 heterocycles. The van der Waals surface area contributed by atoms with E-state index in [1.54, 1.807) is 0 Å². The zero-order valence-electron chi connectivity index (χ0n) is 12.2. The molecule has 0 saturated heterocycles. The van der Waals surface area contributed by atoms with Crippen LogP contribution in [0.3, 0.4) is 0 Å². The van der Waals surface area contributed by atoms with Crippen LogP contribution < -0.4 is 0 Å². The SMILES string of the molecule is Cc1cc2cc(CN(CCO)CCCO)oc2cc1C. The molecule has 0 aliphatic carbocycles. The van der Waals surface area contributed by atoms with Crippen LogP contribution in [0.2, 0.25) is 0 Å². The Labute approximate surface area is 119 Å². The van der Waals surface area contributed by atoms with Crippen molar-refractivity contribution in [1.29, 1.82) is 0 Å². The van der Waals surface area contributed by atoms with Gasteiger partial charge in [-0.05, 0) is 49.6 Å². The van der Waals surface area contributed by atoms with Crippen molar-refractivity contribution in [2.45, 2.75) is 26.8 Å². The van der Waals surface area contributed by atoms with Gasteiger partial charge in [0.05, 0.1) is 13.2 Å². The number of benzene rings is 1. The molecule has 2 rings (SSSR count). The van der Waals surface area contributed by atoms with Crippen LogP contribution in [0.25, 0.3) is 11.0 Å². The van der Waals surface area contributed by atoms with E-state index in [1.165, 1.54) is 11.1 Å². The van der Waals surface area contributed by atoms with Crippen LogP contribution in [0.1, 0.15) is 23.3 Å². The Morgan fingerprint density at radius 3 is 2.45 bits per heavy atom. The maximum Gasteiger partial charge on any atom is 0.134 e. The molecule has 0 radical (unpaired) electrons. The summed E-state index contributed by atoms with van der Waals surface area (Å²) in [6.07, 6.45) is 0.707. The van der Waals surface area contributed by atoms with Crippen molar-refractivity contribution in [1.82, 2.24) is 4.90 Å². The van der Waals surface area contributed by atoms with E-state index >= 15 is 0 Å². The topological polar surface area (TPSA) is 56.8 Å². The van der Waals surface area contributed by atoms with Gasteiger partial charge in [-0.25, -0.2) is 0 Å². The molecule has 4 nitrogen and oxygen atoms in total. The van der Waals surface area contributed by atoms with Crippen molar-refractivity contribution in [3.8, 4) is 0 Å². The first-order valence-electron chi connectivity index (χ1n) is 7.07. The van der Waals surface area contributed by atoms with Crippen molar-refractivity contribution in [3.63, 3.8) is 0 Å². The number of rotatable bonds is 7. The van der Waals surface area contributed by atoms with E-state index < -0.39 is 0 Å². The highest BCUT2D eigenvalue weighted by Crippen LogP contribution is 2.24. The van der Waals surface area contributed by atoms with E-state index in [1.807, 2.05) is 0 Å². The van der Waals surface area contributed by atoms with Crippen molar-refractivity contribution < 1.29 is 14.6 Å². The number of furan rings is 1. The van der Waals surface area contributed by atoms with E-state index in [-0.39, 0.29) is 13.2 Å². The zero-order chi connectivity index (χ0) is 14.5. The lowest BCUT2D eigenvalue weighted by atomic mass is 10.1. The lowest BCUT2D eigenvalue weighted by Crippen LogP contribution is -2.27. The Morgan fingerprint density at radius 2 is 1.75 bits per heavy atom. The van der Waals surface area contributed by atoms with E-state index in [0.717, 1.165) is 23.3 Å². The summed E-state index contributed by atoms with van der Waals surface area (Å²) in [4.78, 5) is 2.09. The maximum atomic E-state index is 9.09. The lowest BCUT2D eigenvalue weighted by molar-refractivity contribution is 0.167. The normalized spacial score (nSPS) is 11.7. The zero-order valence-corrected chi connectivity index (χ0v) is 12.2. The molecular formula is C16H23NO3. The van der Waals surface area contributed by atoms with E-state index in [4.69, 9.17) is 14.6 Å². The van der Waals surface area contributed by atoms with E-state index in [2.05, 4.69) is 36.9 Å². The van der Waals surface area contributed by atoms with Crippen LogP contribution in [0.15, 0.2) is 22.6 Å². The fourth-order valence-corrected chi connectivity index (χ4v) is 2.36. The summed E-state index contributed by atoms with van der Waals surface area (Å²) >= 11 is 0. The van der Waals surface area contributed by atoms with Gasteiger partial charge in [-0.3, -0.25) is 4.90 Å². The summed E-state index contributed by atoms with van der Waals surface area (Å²) in [5.41, 5.74) is 3.40. The van der Waals surface area contributed by atoms with Gasteiger partial charge in [0, 0.05) is 25.1 Å². The van der Waals surface area contributed by atoms with Crippen LogP contribution >= 0.6 is 0 Å². The Kier molecular flexibility index (Phi) is 5.17. The minimum absolute atomic E-state index is 0.115. The first-order valence-corrected chi connectivity index (χ1v) is 7.07. The van der Waals surface area contributed by atoms with Gasteiger partial charge >= 0.3 is 0 Å². The third kappa shape index (κ3) is 3.60. The highest BCUT2D eigenvalue weighted by atomic mass is 16.3. The predicted octanol–water partition coefficient (Wildman–Crippen LogP) is 2.23. The molecule has 0 saturated carbocycles. The molecule has 0 unspecified atom stereocenters. The standard InChI is InChI=1S/C16H23NO3/c1-12-8-14-10-15(20-16(14)9-13(12)2)11-17(5-7-19)4-3-6-18/h8-10,18-19H,3-7,11H2,1-2H3. The molecule has 2 N–H and O–H groups in total. The van der Waals surface area contributed by atoms with Crippen molar-refractivity contribution in [2.75, 3.05) is 26.3 Å². The second-order valence-corrected chi connectivity index (χ2v) is 5.26. The van der Waals surface area contributed by atoms with Gasteiger partial charge in [0.15, 0.2) is 0 Å². The van der Waals surface area contributed by atoms with Crippen molar-refractivity contribution >= 4 is 11.0 Å². The summed E-state index contributed by atoms with van der Waals surface area (Å²) < 4.78 is 5.87.